The van der Waals surface area contributed by atoms with Gasteiger partial charge in [0.05, 0.1) is 24.1 Å². The van der Waals surface area contributed by atoms with E-state index in [-0.39, 0.29) is 24.5 Å². The number of fused-ring (bicyclic) bond motifs is 1. The number of esters is 1. The summed E-state index contributed by atoms with van der Waals surface area (Å²) in [5.74, 6) is -3.26. The topological polar surface area (TPSA) is 116 Å². The van der Waals surface area contributed by atoms with Crippen molar-refractivity contribution in [2.75, 3.05) is 11.5 Å². The molecule has 0 saturated carbocycles. The fourth-order valence-electron chi connectivity index (χ4n) is 5.42. The zero-order chi connectivity index (χ0) is 25.4. The average Bonchev–Trinajstić information content (AvgIpc) is 3.35. The standard InChI is InChI=1S/C28H26N2O6/c1-2-36-27(35)28(16-17-8-12-20(31)13-9-17)23-22(24(29-28)18-10-14-21(32)15-11-18)25(33)30(26(23)34)19-6-4-3-5-7-19/h3-15,22-24,29,31-32H,2,16H2,1H3/t22-,23+,24+,28+/m0/s1. The minimum Gasteiger partial charge on any atom is -0.508 e. The molecule has 2 fully saturated rings. The highest BCUT2D eigenvalue weighted by Crippen LogP contribution is 2.51. The SMILES string of the molecule is CCOC(=O)[C@]1(Cc2ccc(O)cc2)N[C@H](c2ccc(O)cc2)[C@H]2C(=O)N(c3ccccc3)C(=O)[C@@H]21. The number of phenolic OH excluding ortho intramolecular Hbond substituents is 2. The molecule has 3 aromatic rings. The van der Waals surface area contributed by atoms with Crippen LogP contribution in [0.3, 0.4) is 0 Å². The van der Waals surface area contributed by atoms with Crippen molar-refractivity contribution in [2.24, 2.45) is 11.8 Å². The molecule has 3 N–H and O–H groups in total. The molecule has 2 amide bonds. The molecule has 0 radical (unpaired) electrons. The van der Waals surface area contributed by atoms with Crippen molar-refractivity contribution < 1.29 is 29.3 Å². The van der Waals surface area contributed by atoms with Crippen LogP contribution in [0.5, 0.6) is 11.5 Å². The number of anilines is 1. The molecule has 2 aliphatic heterocycles. The zero-order valence-electron chi connectivity index (χ0n) is 19.6. The summed E-state index contributed by atoms with van der Waals surface area (Å²) < 4.78 is 5.49. The van der Waals surface area contributed by atoms with E-state index in [2.05, 4.69) is 5.32 Å². The summed E-state index contributed by atoms with van der Waals surface area (Å²) in [4.78, 5) is 42.6. The van der Waals surface area contributed by atoms with Gasteiger partial charge in [-0.25, -0.2) is 4.90 Å². The summed E-state index contributed by atoms with van der Waals surface area (Å²) in [6, 6.07) is 20.7. The van der Waals surface area contributed by atoms with Gasteiger partial charge in [-0.2, -0.15) is 0 Å². The summed E-state index contributed by atoms with van der Waals surface area (Å²) in [5.41, 5.74) is 0.262. The van der Waals surface area contributed by atoms with E-state index in [1.54, 1.807) is 61.5 Å². The van der Waals surface area contributed by atoms with Gasteiger partial charge < -0.3 is 14.9 Å². The fourth-order valence-corrected chi connectivity index (χ4v) is 5.42. The molecule has 0 aliphatic carbocycles. The van der Waals surface area contributed by atoms with E-state index in [0.29, 0.717) is 16.8 Å². The lowest BCUT2D eigenvalue weighted by atomic mass is 9.76. The van der Waals surface area contributed by atoms with E-state index in [1.807, 2.05) is 0 Å². The monoisotopic (exact) mass is 486 g/mol. The molecule has 36 heavy (non-hydrogen) atoms. The first kappa shape index (κ1) is 23.6. The molecule has 2 saturated heterocycles. The van der Waals surface area contributed by atoms with Gasteiger partial charge in [-0.3, -0.25) is 19.7 Å². The van der Waals surface area contributed by atoms with Crippen LogP contribution in [0.25, 0.3) is 0 Å². The third-order valence-corrected chi connectivity index (χ3v) is 6.98. The maximum absolute atomic E-state index is 14.0. The molecule has 2 heterocycles. The maximum atomic E-state index is 14.0. The highest BCUT2D eigenvalue weighted by molar-refractivity contribution is 6.24. The van der Waals surface area contributed by atoms with Gasteiger partial charge in [0, 0.05) is 12.5 Å². The van der Waals surface area contributed by atoms with Crippen LogP contribution < -0.4 is 10.2 Å². The number of nitrogens with one attached hydrogen (secondary N) is 1. The van der Waals surface area contributed by atoms with E-state index < -0.39 is 41.2 Å². The first-order chi connectivity index (χ1) is 17.4. The Hall–Kier alpha value is -4.17. The molecular formula is C28H26N2O6. The second-order valence-corrected chi connectivity index (χ2v) is 9.10. The highest BCUT2D eigenvalue weighted by Gasteiger charge is 2.69. The Morgan fingerprint density at radius 3 is 2.14 bits per heavy atom. The second kappa shape index (κ2) is 9.13. The number of para-hydroxylation sites is 1. The molecule has 2 aliphatic rings. The van der Waals surface area contributed by atoms with Crippen LogP contribution >= 0.6 is 0 Å². The number of carbonyl (C=O) groups is 3. The molecule has 0 bridgehead atoms. The normalized spacial score (nSPS) is 25.1. The fraction of sp³-hybridized carbons (Fsp3) is 0.250. The van der Waals surface area contributed by atoms with Crippen molar-refractivity contribution in [3.8, 4) is 11.5 Å². The van der Waals surface area contributed by atoms with Gasteiger partial charge in [-0.05, 0) is 54.4 Å². The van der Waals surface area contributed by atoms with E-state index >= 15 is 0 Å². The van der Waals surface area contributed by atoms with Crippen molar-refractivity contribution in [1.29, 1.82) is 0 Å². The Morgan fingerprint density at radius 2 is 1.53 bits per heavy atom. The van der Waals surface area contributed by atoms with Gasteiger partial charge in [0.25, 0.3) is 0 Å². The van der Waals surface area contributed by atoms with Gasteiger partial charge in [0.2, 0.25) is 11.8 Å². The number of hydrogen-bond acceptors (Lipinski definition) is 7. The van der Waals surface area contributed by atoms with Crippen LogP contribution in [-0.2, 0) is 25.5 Å². The van der Waals surface area contributed by atoms with Crippen molar-refractivity contribution in [2.45, 2.75) is 24.9 Å². The number of aromatic hydroxyl groups is 2. The molecule has 5 rings (SSSR count). The van der Waals surface area contributed by atoms with Crippen LogP contribution in [0, 0.1) is 11.8 Å². The van der Waals surface area contributed by atoms with Gasteiger partial charge in [-0.15, -0.1) is 0 Å². The molecular weight excluding hydrogens is 460 g/mol. The number of amides is 2. The lowest BCUT2D eigenvalue weighted by Crippen LogP contribution is -2.58. The molecule has 184 valence electrons. The summed E-state index contributed by atoms with van der Waals surface area (Å²) in [7, 11) is 0. The summed E-state index contributed by atoms with van der Waals surface area (Å²) in [5, 5.41) is 22.9. The number of rotatable bonds is 6. The molecule has 4 atom stereocenters. The highest BCUT2D eigenvalue weighted by atomic mass is 16.5. The Morgan fingerprint density at radius 1 is 0.917 bits per heavy atom. The molecule has 8 heteroatoms. The molecule has 0 spiro atoms. The first-order valence-electron chi connectivity index (χ1n) is 11.8. The minimum absolute atomic E-state index is 0.0637. The molecule has 0 unspecified atom stereocenters. The lowest BCUT2D eigenvalue weighted by molar-refractivity contribution is -0.154. The number of hydrogen-bond donors (Lipinski definition) is 3. The summed E-state index contributed by atoms with van der Waals surface area (Å²) >= 11 is 0. The van der Waals surface area contributed by atoms with Gasteiger partial charge >= 0.3 is 5.97 Å². The predicted octanol–water partition coefficient (Wildman–Crippen LogP) is 3.09. The summed E-state index contributed by atoms with van der Waals surface area (Å²) in [6.45, 7) is 1.79. The molecule has 8 nitrogen and oxygen atoms in total. The largest absolute Gasteiger partial charge is 0.508 e. The maximum Gasteiger partial charge on any atom is 0.327 e. The van der Waals surface area contributed by atoms with Gasteiger partial charge in [-0.1, -0.05) is 42.5 Å². The third-order valence-electron chi connectivity index (χ3n) is 6.98. The van der Waals surface area contributed by atoms with Gasteiger partial charge in [0.1, 0.15) is 17.0 Å². The Kier molecular flexibility index (Phi) is 5.97. The van der Waals surface area contributed by atoms with E-state index in [0.717, 1.165) is 4.90 Å². The van der Waals surface area contributed by atoms with Crippen molar-refractivity contribution >= 4 is 23.5 Å². The van der Waals surface area contributed by atoms with Crippen LogP contribution in [0.1, 0.15) is 24.1 Å². The number of carbonyl (C=O) groups excluding carboxylic acids is 3. The Labute approximate surface area is 208 Å². The van der Waals surface area contributed by atoms with Crippen molar-refractivity contribution in [3.63, 3.8) is 0 Å². The third kappa shape index (κ3) is 3.79. The van der Waals surface area contributed by atoms with Gasteiger partial charge in [0.15, 0.2) is 0 Å². The second-order valence-electron chi connectivity index (χ2n) is 9.10. The Balaban J connectivity index is 1.67. The average molecular weight is 487 g/mol. The van der Waals surface area contributed by atoms with E-state index in [4.69, 9.17) is 4.74 Å². The van der Waals surface area contributed by atoms with Crippen molar-refractivity contribution in [3.05, 3.63) is 90.0 Å². The van der Waals surface area contributed by atoms with Crippen LogP contribution in [0.15, 0.2) is 78.9 Å². The lowest BCUT2D eigenvalue weighted by Gasteiger charge is -2.33. The number of imide groups is 1. The van der Waals surface area contributed by atoms with Crippen molar-refractivity contribution in [1.82, 2.24) is 5.32 Å². The van der Waals surface area contributed by atoms with E-state index in [9.17, 15) is 24.6 Å². The number of benzene rings is 3. The van der Waals surface area contributed by atoms with Crippen LogP contribution in [-0.4, -0.2) is 40.1 Å². The minimum atomic E-state index is -1.53. The van der Waals surface area contributed by atoms with E-state index in [1.165, 1.54) is 24.3 Å². The summed E-state index contributed by atoms with van der Waals surface area (Å²) in [6.07, 6.45) is 0.0729. The zero-order valence-corrected chi connectivity index (χ0v) is 19.6. The first-order valence-corrected chi connectivity index (χ1v) is 11.8. The Bertz CT molecular complexity index is 1290. The van der Waals surface area contributed by atoms with Crippen LogP contribution in [0.4, 0.5) is 5.69 Å². The smallest absolute Gasteiger partial charge is 0.327 e. The number of nitrogens with zero attached hydrogens (tertiary/aromatic N) is 1. The predicted molar refractivity (Wildman–Crippen MR) is 131 cm³/mol. The van der Waals surface area contributed by atoms with Crippen LogP contribution in [0.2, 0.25) is 0 Å². The molecule has 0 aromatic heterocycles. The number of phenols is 2. The molecule has 3 aromatic carbocycles. The quantitative estimate of drug-likeness (QED) is 0.362. The number of ether oxygens (including phenoxy) is 1.